The molecular weight excluding hydrogens is 366 g/mol. The molecule has 0 aliphatic carbocycles. The van der Waals surface area contributed by atoms with Crippen molar-refractivity contribution in [3.63, 3.8) is 0 Å². The summed E-state index contributed by atoms with van der Waals surface area (Å²) in [6, 6.07) is 12.0. The molecule has 2 fully saturated rings. The zero-order valence-corrected chi connectivity index (χ0v) is 17.1. The summed E-state index contributed by atoms with van der Waals surface area (Å²) in [5.41, 5.74) is 2.78. The van der Waals surface area contributed by atoms with E-state index in [1.54, 1.807) is 13.1 Å². The van der Waals surface area contributed by atoms with Gasteiger partial charge in [0, 0.05) is 44.9 Å². The van der Waals surface area contributed by atoms with E-state index in [1.807, 2.05) is 19.1 Å². The maximum absolute atomic E-state index is 12.7. The summed E-state index contributed by atoms with van der Waals surface area (Å²) in [6.07, 6.45) is 0.526. The van der Waals surface area contributed by atoms with Crippen LogP contribution in [0.2, 0.25) is 0 Å². The Morgan fingerprint density at radius 3 is 2.55 bits per heavy atom. The van der Waals surface area contributed by atoms with Crippen molar-refractivity contribution in [1.29, 1.82) is 0 Å². The minimum absolute atomic E-state index is 0.0942. The third-order valence-electron chi connectivity index (χ3n) is 6.23. The Morgan fingerprint density at radius 2 is 1.90 bits per heavy atom. The van der Waals surface area contributed by atoms with E-state index >= 15 is 0 Å². The number of carbonyl (C=O) groups is 2. The second kappa shape index (κ2) is 7.81. The van der Waals surface area contributed by atoms with Crippen LogP contribution in [0.5, 0.6) is 0 Å². The number of benzene rings is 1. The molecule has 2 amide bonds. The highest BCUT2D eigenvalue weighted by Crippen LogP contribution is 2.46. The van der Waals surface area contributed by atoms with Crippen molar-refractivity contribution in [2.45, 2.75) is 26.3 Å². The van der Waals surface area contributed by atoms with Crippen LogP contribution < -0.4 is 10.2 Å². The number of nitrogens with one attached hydrogen (secondary N) is 1. The fourth-order valence-electron chi connectivity index (χ4n) is 4.75. The van der Waals surface area contributed by atoms with Gasteiger partial charge < -0.3 is 15.1 Å². The Balaban J connectivity index is 1.59. The van der Waals surface area contributed by atoms with Gasteiger partial charge in [-0.15, -0.1) is 10.2 Å². The van der Waals surface area contributed by atoms with Crippen LogP contribution in [-0.4, -0.2) is 53.6 Å². The second-order valence-electron chi connectivity index (χ2n) is 7.89. The molecule has 7 nitrogen and oxygen atoms in total. The van der Waals surface area contributed by atoms with Gasteiger partial charge in [-0.25, -0.2) is 0 Å². The fraction of sp³-hybridized carbons (Fsp3) is 0.455. The molecule has 1 aromatic heterocycles. The Kier molecular flexibility index (Phi) is 5.22. The van der Waals surface area contributed by atoms with Crippen molar-refractivity contribution in [3.8, 4) is 0 Å². The average molecular weight is 393 g/mol. The molecule has 0 unspecified atom stereocenters. The van der Waals surface area contributed by atoms with Crippen molar-refractivity contribution < 1.29 is 9.59 Å². The Morgan fingerprint density at radius 1 is 1.10 bits per heavy atom. The molecule has 3 atom stereocenters. The van der Waals surface area contributed by atoms with Gasteiger partial charge in [0.15, 0.2) is 11.5 Å². The van der Waals surface area contributed by atoms with Gasteiger partial charge in [-0.1, -0.05) is 31.2 Å². The minimum atomic E-state index is -0.240. The first-order chi connectivity index (χ1) is 14.0. The number of hydrogen-bond acceptors (Lipinski definition) is 5. The molecule has 152 valence electrons. The number of rotatable bonds is 4. The standard InChI is InChI=1S/C22H27N5O2/c1-4-20(28)27-12-15-11-26(19-10-9-18(24-25-19)22(29)23-3)13-17(15)21(27)16-8-6-5-7-14(16)2/h5-10,15,17,21H,4,11-13H2,1-3H3,(H,23,29)/t15-,17-,21+/m0/s1. The quantitative estimate of drug-likeness (QED) is 0.862. The van der Waals surface area contributed by atoms with Crippen LogP contribution in [0.1, 0.15) is 41.0 Å². The van der Waals surface area contributed by atoms with Crippen LogP contribution in [0.25, 0.3) is 0 Å². The molecule has 2 aliphatic heterocycles. The molecular formula is C22H27N5O2. The van der Waals surface area contributed by atoms with Gasteiger partial charge in [0.25, 0.3) is 5.91 Å². The predicted molar refractivity (Wildman–Crippen MR) is 111 cm³/mol. The second-order valence-corrected chi connectivity index (χ2v) is 7.89. The summed E-state index contributed by atoms with van der Waals surface area (Å²) in [6.45, 7) is 6.49. The molecule has 7 heteroatoms. The van der Waals surface area contributed by atoms with E-state index in [4.69, 9.17) is 0 Å². The lowest BCUT2D eigenvalue weighted by molar-refractivity contribution is -0.132. The number of carbonyl (C=O) groups excluding carboxylic acids is 2. The predicted octanol–water partition coefficient (Wildman–Crippen LogP) is 2.19. The Labute approximate surface area is 171 Å². The highest BCUT2D eigenvalue weighted by molar-refractivity contribution is 5.91. The molecule has 1 N–H and O–H groups in total. The van der Waals surface area contributed by atoms with Crippen LogP contribution in [0.4, 0.5) is 5.82 Å². The van der Waals surface area contributed by atoms with Crippen molar-refractivity contribution >= 4 is 17.6 Å². The number of aryl methyl sites for hydroxylation is 1. The van der Waals surface area contributed by atoms with Gasteiger partial charge in [-0.2, -0.15) is 0 Å². The fourth-order valence-corrected chi connectivity index (χ4v) is 4.75. The van der Waals surface area contributed by atoms with Gasteiger partial charge in [0.1, 0.15) is 0 Å². The number of anilines is 1. The maximum atomic E-state index is 12.7. The van der Waals surface area contributed by atoms with Gasteiger partial charge >= 0.3 is 0 Å². The number of fused-ring (bicyclic) bond motifs is 1. The highest BCUT2D eigenvalue weighted by atomic mass is 16.2. The third-order valence-corrected chi connectivity index (χ3v) is 6.23. The molecule has 2 aromatic rings. The van der Waals surface area contributed by atoms with E-state index in [9.17, 15) is 9.59 Å². The Hall–Kier alpha value is -2.96. The van der Waals surface area contributed by atoms with Crippen LogP contribution in [0, 0.1) is 18.8 Å². The third kappa shape index (κ3) is 3.45. The summed E-state index contributed by atoms with van der Waals surface area (Å²) in [4.78, 5) is 28.7. The van der Waals surface area contributed by atoms with Crippen LogP contribution >= 0.6 is 0 Å². The zero-order chi connectivity index (χ0) is 20.5. The molecule has 4 rings (SSSR count). The van der Waals surface area contributed by atoms with Crippen LogP contribution in [0.3, 0.4) is 0 Å². The molecule has 29 heavy (non-hydrogen) atoms. The number of hydrogen-bond donors (Lipinski definition) is 1. The largest absolute Gasteiger partial charge is 0.354 e. The number of amides is 2. The summed E-state index contributed by atoms with van der Waals surface area (Å²) in [7, 11) is 1.58. The molecule has 0 bridgehead atoms. The molecule has 1 aromatic carbocycles. The first-order valence-corrected chi connectivity index (χ1v) is 10.2. The van der Waals surface area contributed by atoms with Crippen molar-refractivity contribution in [1.82, 2.24) is 20.4 Å². The van der Waals surface area contributed by atoms with Crippen molar-refractivity contribution in [2.75, 3.05) is 31.6 Å². The lowest BCUT2D eigenvalue weighted by Gasteiger charge is -2.31. The normalized spacial score (nSPS) is 23.2. The van der Waals surface area contributed by atoms with E-state index < -0.39 is 0 Å². The zero-order valence-electron chi connectivity index (χ0n) is 17.1. The lowest BCUT2D eigenvalue weighted by Crippen LogP contribution is -2.35. The molecule has 2 aliphatic rings. The van der Waals surface area contributed by atoms with Crippen molar-refractivity contribution in [3.05, 3.63) is 53.2 Å². The molecule has 0 saturated carbocycles. The summed E-state index contributed by atoms with van der Waals surface area (Å²) >= 11 is 0. The topological polar surface area (TPSA) is 78.4 Å². The van der Waals surface area contributed by atoms with E-state index in [0.29, 0.717) is 24.0 Å². The monoisotopic (exact) mass is 393 g/mol. The summed E-state index contributed by atoms with van der Waals surface area (Å²) < 4.78 is 0. The molecule has 0 radical (unpaired) electrons. The van der Waals surface area contributed by atoms with E-state index in [-0.39, 0.29) is 17.9 Å². The summed E-state index contributed by atoms with van der Waals surface area (Å²) in [5, 5.41) is 10.9. The van der Waals surface area contributed by atoms with E-state index in [2.05, 4.69) is 50.4 Å². The number of aromatic nitrogens is 2. The molecule has 0 spiro atoms. The first kappa shape index (κ1) is 19.4. The Bertz CT molecular complexity index is 914. The highest BCUT2D eigenvalue weighted by Gasteiger charge is 2.49. The maximum Gasteiger partial charge on any atom is 0.271 e. The number of nitrogens with zero attached hydrogens (tertiary/aromatic N) is 4. The van der Waals surface area contributed by atoms with Gasteiger partial charge in [0.05, 0.1) is 6.04 Å². The smallest absolute Gasteiger partial charge is 0.271 e. The van der Waals surface area contributed by atoms with E-state index in [0.717, 1.165) is 25.5 Å². The first-order valence-electron chi connectivity index (χ1n) is 10.2. The van der Waals surface area contributed by atoms with Gasteiger partial charge in [-0.05, 0) is 30.2 Å². The van der Waals surface area contributed by atoms with Crippen molar-refractivity contribution in [2.24, 2.45) is 11.8 Å². The molecule has 2 saturated heterocycles. The summed E-state index contributed by atoms with van der Waals surface area (Å²) in [5.74, 6) is 1.51. The van der Waals surface area contributed by atoms with Crippen LogP contribution in [0.15, 0.2) is 36.4 Å². The van der Waals surface area contributed by atoms with Crippen LogP contribution in [-0.2, 0) is 4.79 Å². The molecule has 3 heterocycles. The van der Waals surface area contributed by atoms with Gasteiger partial charge in [-0.3, -0.25) is 9.59 Å². The van der Waals surface area contributed by atoms with E-state index in [1.165, 1.54) is 11.1 Å². The number of likely N-dealkylation sites (tertiary alicyclic amines) is 1. The van der Waals surface area contributed by atoms with Gasteiger partial charge in [0.2, 0.25) is 5.91 Å². The lowest BCUT2D eigenvalue weighted by atomic mass is 9.87. The SMILES string of the molecule is CCC(=O)N1C[C@@H]2CN(c3ccc(C(=O)NC)nn3)C[C@@H]2[C@H]1c1ccccc1C. The average Bonchev–Trinajstić information content (AvgIpc) is 3.31. The minimum Gasteiger partial charge on any atom is -0.354 e.